The Labute approximate surface area is 101 Å². The molecule has 0 saturated carbocycles. The highest BCUT2D eigenvalue weighted by molar-refractivity contribution is 5.28. The summed E-state index contributed by atoms with van der Waals surface area (Å²) >= 11 is 0. The Balaban J connectivity index is 2.29. The van der Waals surface area contributed by atoms with Gasteiger partial charge in [-0.3, -0.25) is 0 Å². The molecule has 1 aromatic heterocycles. The van der Waals surface area contributed by atoms with Crippen molar-refractivity contribution in [2.24, 2.45) is 5.73 Å². The van der Waals surface area contributed by atoms with Gasteiger partial charge in [0.2, 0.25) is 0 Å². The summed E-state index contributed by atoms with van der Waals surface area (Å²) in [6.07, 6.45) is -4.66. The lowest BCUT2D eigenvalue weighted by Gasteiger charge is -2.07. The second-order valence-electron chi connectivity index (χ2n) is 3.85. The van der Waals surface area contributed by atoms with Gasteiger partial charge in [-0.1, -0.05) is 35.0 Å². The van der Waals surface area contributed by atoms with Gasteiger partial charge in [-0.25, -0.2) is 0 Å². The minimum atomic E-state index is -4.66. The van der Waals surface area contributed by atoms with Crippen molar-refractivity contribution in [1.82, 2.24) is 10.1 Å². The fourth-order valence-corrected chi connectivity index (χ4v) is 1.49. The highest BCUT2D eigenvalue weighted by Gasteiger charge is 2.39. The van der Waals surface area contributed by atoms with Crippen molar-refractivity contribution in [1.29, 1.82) is 0 Å². The van der Waals surface area contributed by atoms with E-state index in [4.69, 9.17) is 5.73 Å². The molecule has 2 rings (SSSR count). The summed E-state index contributed by atoms with van der Waals surface area (Å²) in [4.78, 5) is 3.26. The van der Waals surface area contributed by atoms with E-state index in [9.17, 15) is 13.2 Å². The SMILES string of the molecule is Cc1cccc(C(N)c2noc(C(F)(F)F)n2)c1. The molecule has 1 unspecified atom stereocenters. The predicted molar refractivity (Wildman–Crippen MR) is 56.5 cm³/mol. The van der Waals surface area contributed by atoms with Crippen LogP contribution >= 0.6 is 0 Å². The highest BCUT2D eigenvalue weighted by Crippen LogP contribution is 2.28. The van der Waals surface area contributed by atoms with Crippen LogP contribution in [0.4, 0.5) is 13.2 Å². The van der Waals surface area contributed by atoms with Gasteiger partial charge in [0, 0.05) is 0 Å². The number of benzene rings is 1. The molecule has 2 aromatic rings. The molecule has 0 saturated heterocycles. The van der Waals surface area contributed by atoms with E-state index in [0.717, 1.165) is 5.56 Å². The summed E-state index contributed by atoms with van der Waals surface area (Å²) < 4.78 is 41.0. The van der Waals surface area contributed by atoms with E-state index >= 15 is 0 Å². The van der Waals surface area contributed by atoms with Crippen LogP contribution in [0.25, 0.3) is 0 Å². The number of nitrogens with zero attached hydrogens (tertiary/aromatic N) is 2. The van der Waals surface area contributed by atoms with Crippen LogP contribution in [-0.2, 0) is 6.18 Å². The first kappa shape index (κ1) is 12.6. The number of aromatic nitrogens is 2. The molecule has 0 bridgehead atoms. The number of nitrogens with two attached hydrogens (primary N) is 1. The molecule has 0 aliphatic carbocycles. The molecule has 0 amide bonds. The molecule has 18 heavy (non-hydrogen) atoms. The van der Waals surface area contributed by atoms with Crippen molar-refractivity contribution in [3.63, 3.8) is 0 Å². The summed E-state index contributed by atoms with van der Waals surface area (Å²) in [7, 11) is 0. The van der Waals surface area contributed by atoms with Crippen molar-refractivity contribution in [2.75, 3.05) is 0 Å². The standard InChI is InChI=1S/C11H10F3N3O/c1-6-3-2-4-7(5-6)8(15)9-16-10(18-17-9)11(12,13)14/h2-5,8H,15H2,1H3. The summed E-state index contributed by atoms with van der Waals surface area (Å²) in [6, 6.07) is 6.23. The Kier molecular flexibility index (Phi) is 3.08. The fourth-order valence-electron chi connectivity index (χ4n) is 1.49. The largest absolute Gasteiger partial charge is 0.471 e. The molecule has 0 fully saturated rings. The van der Waals surface area contributed by atoms with Gasteiger partial charge in [0.25, 0.3) is 0 Å². The number of halogens is 3. The van der Waals surface area contributed by atoms with Crippen LogP contribution in [0.2, 0.25) is 0 Å². The third-order valence-electron chi connectivity index (χ3n) is 2.36. The molecule has 0 aliphatic rings. The van der Waals surface area contributed by atoms with Crippen molar-refractivity contribution in [2.45, 2.75) is 19.1 Å². The third kappa shape index (κ3) is 2.51. The first-order chi connectivity index (χ1) is 8.38. The first-order valence-electron chi connectivity index (χ1n) is 5.11. The van der Waals surface area contributed by atoms with Gasteiger partial charge in [-0.2, -0.15) is 18.2 Å². The molecule has 96 valence electrons. The Bertz CT molecular complexity index is 550. The van der Waals surface area contributed by atoms with E-state index in [1.54, 1.807) is 18.2 Å². The van der Waals surface area contributed by atoms with E-state index < -0.39 is 18.1 Å². The van der Waals surface area contributed by atoms with Gasteiger partial charge >= 0.3 is 12.1 Å². The maximum absolute atomic E-state index is 12.3. The van der Waals surface area contributed by atoms with Crippen molar-refractivity contribution >= 4 is 0 Å². The van der Waals surface area contributed by atoms with Crippen molar-refractivity contribution in [3.05, 3.63) is 47.1 Å². The number of hydrogen-bond donors (Lipinski definition) is 1. The second-order valence-corrected chi connectivity index (χ2v) is 3.85. The van der Waals surface area contributed by atoms with E-state index in [1.807, 2.05) is 13.0 Å². The molecule has 1 atom stereocenters. The van der Waals surface area contributed by atoms with Gasteiger partial charge in [-0.15, -0.1) is 0 Å². The van der Waals surface area contributed by atoms with Crippen molar-refractivity contribution in [3.8, 4) is 0 Å². The Morgan fingerprint density at radius 3 is 2.61 bits per heavy atom. The van der Waals surface area contributed by atoms with E-state index in [1.165, 1.54) is 0 Å². The smallest absolute Gasteiger partial charge is 0.329 e. The van der Waals surface area contributed by atoms with E-state index in [0.29, 0.717) is 5.56 Å². The lowest BCUT2D eigenvalue weighted by Crippen LogP contribution is -2.14. The van der Waals surface area contributed by atoms with Crippen LogP contribution in [0.3, 0.4) is 0 Å². The summed E-state index contributed by atoms with van der Waals surface area (Å²) in [5, 5.41) is 3.26. The molecule has 1 heterocycles. The Hall–Kier alpha value is -1.89. The van der Waals surface area contributed by atoms with Gasteiger partial charge in [0.1, 0.15) is 0 Å². The zero-order valence-electron chi connectivity index (χ0n) is 9.40. The molecule has 0 spiro atoms. The molecule has 2 N–H and O–H groups in total. The maximum Gasteiger partial charge on any atom is 0.471 e. The van der Waals surface area contributed by atoms with Crippen LogP contribution in [0.1, 0.15) is 28.9 Å². The lowest BCUT2D eigenvalue weighted by atomic mass is 10.1. The lowest BCUT2D eigenvalue weighted by molar-refractivity contribution is -0.159. The predicted octanol–water partition coefficient (Wildman–Crippen LogP) is 2.44. The average molecular weight is 257 g/mol. The first-order valence-corrected chi connectivity index (χ1v) is 5.11. The zero-order valence-corrected chi connectivity index (χ0v) is 9.40. The van der Waals surface area contributed by atoms with E-state index in [2.05, 4.69) is 14.7 Å². The van der Waals surface area contributed by atoms with Crippen LogP contribution in [0.15, 0.2) is 28.8 Å². The van der Waals surface area contributed by atoms with Crippen LogP contribution in [0, 0.1) is 6.92 Å². The molecule has 4 nitrogen and oxygen atoms in total. The Morgan fingerprint density at radius 2 is 2.06 bits per heavy atom. The molecule has 7 heteroatoms. The maximum atomic E-state index is 12.3. The molecule has 1 aromatic carbocycles. The van der Waals surface area contributed by atoms with Crippen LogP contribution in [-0.4, -0.2) is 10.1 Å². The second kappa shape index (κ2) is 4.41. The van der Waals surface area contributed by atoms with Gasteiger partial charge in [0.15, 0.2) is 5.82 Å². The van der Waals surface area contributed by atoms with Crippen molar-refractivity contribution < 1.29 is 17.7 Å². The molecule has 0 radical (unpaired) electrons. The van der Waals surface area contributed by atoms with Crippen LogP contribution in [0.5, 0.6) is 0 Å². The number of rotatable bonds is 2. The normalized spacial score (nSPS) is 13.6. The molecule has 0 aliphatic heterocycles. The number of hydrogen-bond acceptors (Lipinski definition) is 4. The van der Waals surface area contributed by atoms with Gasteiger partial charge in [0.05, 0.1) is 6.04 Å². The average Bonchev–Trinajstić information content (AvgIpc) is 2.77. The Morgan fingerprint density at radius 1 is 1.33 bits per heavy atom. The quantitative estimate of drug-likeness (QED) is 0.897. The summed E-state index contributed by atoms with van der Waals surface area (Å²) in [6.45, 7) is 1.85. The number of aryl methyl sites for hydroxylation is 1. The summed E-state index contributed by atoms with van der Waals surface area (Å²) in [5.74, 6) is -1.58. The van der Waals surface area contributed by atoms with Crippen LogP contribution < -0.4 is 5.73 Å². The number of alkyl halides is 3. The minimum Gasteiger partial charge on any atom is -0.329 e. The minimum absolute atomic E-state index is 0.187. The molecular weight excluding hydrogens is 247 g/mol. The van der Waals surface area contributed by atoms with Gasteiger partial charge < -0.3 is 10.3 Å². The topological polar surface area (TPSA) is 64.9 Å². The molecular formula is C11H10F3N3O. The zero-order chi connectivity index (χ0) is 13.3. The fraction of sp³-hybridized carbons (Fsp3) is 0.273. The van der Waals surface area contributed by atoms with Gasteiger partial charge in [-0.05, 0) is 12.5 Å². The summed E-state index contributed by atoms with van der Waals surface area (Å²) in [5.41, 5.74) is 7.37. The van der Waals surface area contributed by atoms with E-state index in [-0.39, 0.29) is 5.82 Å². The highest BCUT2D eigenvalue weighted by atomic mass is 19.4. The third-order valence-corrected chi connectivity index (χ3v) is 2.36. The monoisotopic (exact) mass is 257 g/mol.